The van der Waals surface area contributed by atoms with Gasteiger partial charge in [0.05, 0.1) is 18.8 Å². The van der Waals surface area contributed by atoms with Crippen LogP contribution in [0, 0.1) is 5.92 Å². The average molecular weight is 291 g/mol. The summed E-state index contributed by atoms with van der Waals surface area (Å²) >= 11 is 0. The van der Waals surface area contributed by atoms with Crippen LogP contribution < -0.4 is 15.8 Å². The zero-order valence-electron chi connectivity index (χ0n) is 13.1. The lowest BCUT2D eigenvalue weighted by atomic mass is 10.1. The zero-order chi connectivity index (χ0) is 15.4. The molecule has 0 radical (unpaired) electrons. The summed E-state index contributed by atoms with van der Waals surface area (Å²) in [6.07, 6.45) is 2.35. The van der Waals surface area contributed by atoms with E-state index in [0.717, 1.165) is 13.1 Å². The quantitative estimate of drug-likeness (QED) is 0.817. The Kier molecular flexibility index (Phi) is 5.07. The summed E-state index contributed by atoms with van der Waals surface area (Å²) in [5, 5.41) is 2.93. The van der Waals surface area contributed by atoms with E-state index in [4.69, 9.17) is 10.5 Å². The first-order valence-corrected chi connectivity index (χ1v) is 7.53. The molecule has 1 aliphatic heterocycles. The summed E-state index contributed by atoms with van der Waals surface area (Å²) in [6, 6.07) is 5.10. The number of ether oxygens (including phenoxy) is 1. The highest BCUT2D eigenvalue weighted by Gasteiger charge is 2.28. The van der Waals surface area contributed by atoms with Gasteiger partial charge in [0.2, 0.25) is 5.91 Å². The van der Waals surface area contributed by atoms with Crippen LogP contribution in [0.2, 0.25) is 0 Å². The first-order chi connectivity index (χ1) is 10.0. The minimum Gasteiger partial charge on any atom is -0.495 e. The van der Waals surface area contributed by atoms with Gasteiger partial charge in [0, 0.05) is 12.2 Å². The van der Waals surface area contributed by atoms with Gasteiger partial charge in [-0.3, -0.25) is 9.69 Å². The molecule has 0 aromatic heterocycles. The van der Waals surface area contributed by atoms with Crippen molar-refractivity contribution >= 4 is 17.3 Å². The third kappa shape index (κ3) is 3.67. The van der Waals surface area contributed by atoms with Crippen LogP contribution in [0.4, 0.5) is 11.4 Å². The van der Waals surface area contributed by atoms with Gasteiger partial charge in [0.1, 0.15) is 5.75 Å². The van der Waals surface area contributed by atoms with Gasteiger partial charge in [-0.2, -0.15) is 0 Å². The van der Waals surface area contributed by atoms with Crippen LogP contribution in [0.1, 0.15) is 26.7 Å². The van der Waals surface area contributed by atoms with E-state index in [1.807, 2.05) is 6.92 Å². The van der Waals surface area contributed by atoms with Gasteiger partial charge in [-0.05, 0) is 44.0 Å². The van der Waals surface area contributed by atoms with Crippen molar-refractivity contribution in [2.45, 2.75) is 32.7 Å². The average Bonchev–Trinajstić information content (AvgIpc) is 2.95. The smallest absolute Gasteiger partial charge is 0.241 e. The number of rotatable bonds is 5. The van der Waals surface area contributed by atoms with Crippen molar-refractivity contribution in [3.8, 4) is 5.75 Å². The van der Waals surface area contributed by atoms with Crippen LogP contribution in [0.15, 0.2) is 18.2 Å². The Morgan fingerprint density at radius 1 is 1.57 bits per heavy atom. The van der Waals surface area contributed by atoms with Gasteiger partial charge < -0.3 is 15.8 Å². The fourth-order valence-corrected chi connectivity index (χ4v) is 2.77. The molecule has 21 heavy (non-hydrogen) atoms. The Labute approximate surface area is 126 Å². The molecule has 1 aromatic rings. The summed E-state index contributed by atoms with van der Waals surface area (Å²) in [7, 11) is 1.58. The van der Waals surface area contributed by atoms with Gasteiger partial charge in [-0.1, -0.05) is 13.3 Å². The molecule has 5 heteroatoms. The predicted molar refractivity (Wildman–Crippen MR) is 85.5 cm³/mol. The fraction of sp³-hybridized carbons (Fsp3) is 0.562. The molecule has 3 N–H and O–H groups in total. The molecule has 1 saturated heterocycles. The second-order valence-electron chi connectivity index (χ2n) is 5.68. The Morgan fingerprint density at radius 2 is 2.33 bits per heavy atom. The third-order valence-corrected chi connectivity index (χ3v) is 4.30. The fourth-order valence-electron chi connectivity index (χ4n) is 2.77. The third-order valence-electron chi connectivity index (χ3n) is 4.30. The molecule has 0 aliphatic carbocycles. The highest BCUT2D eigenvalue weighted by Crippen LogP contribution is 2.27. The number of hydrogen-bond acceptors (Lipinski definition) is 4. The number of anilines is 2. The topological polar surface area (TPSA) is 67.6 Å². The van der Waals surface area contributed by atoms with Crippen molar-refractivity contribution in [1.29, 1.82) is 0 Å². The number of carbonyl (C=O) groups excluding carboxylic acids is 1. The van der Waals surface area contributed by atoms with E-state index in [9.17, 15) is 4.79 Å². The van der Waals surface area contributed by atoms with Crippen LogP contribution >= 0.6 is 0 Å². The number of nitrogen functional groups attached to an aromatic ring is 1. The molecule has 116 valence electrons. The van der Waals surface area contributed by atoms with Gasteiger partial charge in [-0.15, -0.1) is 0 Å². The van der Waals surface area contributed by atoms with Crippen molar-refractivity contribution in [3.05, 3.63) is 18.2 Å². The number of nitrogens with one attached hydrogen (secondary N) is 1. The molecule has 2 atom stereocenters. The molecular weight excluding hydrogens is 266 g/mol. The van der Waals surface area contributed by atoms with E-state index in [2.05, 4.69) is 17.1 Å². The van der Waals surface area contributed by atoms with E-state index in [1.54, 1.807) is 25.3 Å². The molecule has 2 unspecified atom stereocenters. The van der Waals surface area contributed by atoms with Crippen LogP contribution in [-0.2, 0) is 4.79 Å². The van der Waals surface area contributed by atoms with E-state index in [0.29, 0.717) is 23.0 Å². The number of nitrogens with two attached hydrogens (primary N) is 1. The SMILES string of the molecule is CCC1CCN(C(C)C(=O)Nc2cc(N)ccc2OC)C1. The normalized spacial score (nSPS) is 20.2. The van der Waals surface area contributed by atoms with Gasteiger partial charge in [0.15, 0.2) is 0 Å². The molecule has 1 fully saturated rings. The molecule has 0 saturated carbocycles. The zero-order valence-corrected chi connectivity index (χ0v) is 13.1. The largest absolute Gasteiger partial charge is 0.495 e. The first-order valence-electron chi connectivity index (χ1n) is 7.53. The number of methoxy groups -OCH3 is 1. The summed E-state index contributed by atoms with van der Waals surface area (Å²) in [6.45, 7) is 6.14. The minimum atomic E-state index is -0.146. The first kappa shape index (κ1) is 15.6. The Hall–Kier alpha value is -1.75. The van der Waals surface area contributed by atoms with E-state index >= 15 is 0 Å². The van der Waals surface area contributed by atoms with Crippen LogP contribution in [-0.4, -0.2) is 37.0 Å². The Balaban J connectivity index is 2.02. The summed E-state index contributed by atoms with van der Waals surface area (Å²) in [4.78, 5) is 14.7. The Bertz CT molecular complexity index is 504. The molecule has 0 spiro atoms. The second-order valence-corrected chi connectivity index (χ2v) is 5.68. The van der Waals surface area contributed by atoms with Crippen LogP contribution in [0.5, 0.6) is 5.75 Å². The molecule has 5 nitrogen and oxygen atoms in total. The summed E-state index contributed by atoms with van der Waals surface area (Å²) in [5.74, 6) is 1.32. The molecule has 0 bridgehead atoms. The van der Waals surface area contributed by atoms with Crippen molar-refractivity contribution in [1.82, 2.24) is 4.90 Å². The molecular formula is C16H25N3O2. The Morgan fingerprint density at radius 3 is 2.95 bits per heavy atom. The van der Waals surface area contributed by atoms with Crippen molar-refractivity contribution in [2.24, 2.45) is 5.92 Å². The standard InChI is InChI=1S/C16H25N3O2/c1-4-12-7-8-19(10-12)11(2)16(20)18-14-9-13(17)5-6-15(14)21-3/h5-6,9,11-12H,4,7-8,10,17H2,1-3H3,(H,18,20). The number of benzene rings is 1. The maximum atomic E-state index is 12.4. The lowest BCUT2D eigenvalue weighted by molar-refractivity contribution is -0.120. The number of amides is 1. The highest BCUT2D eigenvalue weighted by atomic mass is 16.5. The second kappa shape index (κ2) is 6.80. The van der Waals surface area contributed by atoms with E-state index < -0.39 is 0 Å². The van der Waals surface area contributed by atoms with Crippen molar-refractivity contribution in [3.63, 3.8) is 0 Å². The monoisotopic (exact) mass is 291 g/mol. The maximum Gasteiger partial charge on any atom is 0.241 e. The number of nitrogens with zero attached hydrogens (tertiary/aromatic N) is 1. The van der Waals surface area contributed by atoms with E-state index in [1.165, 1.54) is 12.8 Å². The maximum absolute atomic E-state index is 12.4. The molecule has 1 amide bonds. The predicted octanol–water partition coefficient (Wildman–Crippen LogP) is 2.34. The lowest BCUT2D eigenvalue weighted by Gasteiger charge is -2.24. The molecule has 1 aliphatic rings. The lowest BCUT2D eigenvalue weighted by Crippen LogP contribution is -2.40. The van der Waals surface area contributed by atoms with Gasteiger partial charge in [-0.25, -0.2) is 0 Å². The highest BCUT2D eigenvalue weighted by molar-refractivity contribution is 5.96. The number of likely N-dealkylation sites (tertiary alicyclic amines) is 1. The van der Waals surface area contributed by atoms with Crippen molar-refractivity contribution in [2.75, 3.05) is 31.2 Å². The van der Waals surface area contributed by atoms with Gasteiger partial charge in [0.25, 0.3) is 0 Å². The summed E-state index contributed by atoms with van der Waals surface area (Å²) < 4.78 is 5.26. The summed E-state index contributed by atoms with van der Waals surface area (Å²) in [5.41, 5.74) is 7.00. The van der Waals surface area contributed by atoms with Crippen molar-refractivity contribution < 1.29 is 9.53 Å². The van der Waals surface area contributed by atoms with Crippen LogP contribution in [0.25, 0.3) is 0 Å². The molecule has 1 aromatic carbocycles. The molecule has 1 heterocycles. The van der Waals surface area contributed by atoms with Crippen LogP contribution in [0.3, 0.4) is 0 Å². The molecule has 2 rings (SSSR count). The van der Waals surface area contributed by atoms with Gasteiger partial charge >= 0.3 is 0 Å². The number of hydrogen-bond donors (Lipinski definition) is 2. The van der Waals surface area contributed by atoms with E-state index in [-0.39, 0.29) is 11.9 Å². The minimum absolute atomic E-state index is 0.0179. The number of carbonyl (C=O) groups is 1.